The van der Waals surface area contributed by atoms with E-state index in [0.717, 1.165) is 24.4 Å². The van der Waals surface area contributed by atoms with E-state index in [1.165, 1.54) is 31.4 Å². The first-order valence-electron chi connectivity index (χ1n) is 5.80. The van der Waals surface area contributed by atoms with Gasteiger partial charge in [0.25, 0.3) is 0 Å². The maximum absolute atomic E-state index is 12.3. The standard InChI is InChI=1S/C13H16F3N/c1-12(7-2-8-12)9-17-11-5-3-10(4-6-11)13(14,15)16/h3-6,17H,2,7-9H2,1H3. The third-order valence-electron chi connectivity index (χ3n) is 3.49. The lowest BCUT2D eigenvalue weighted by Gasteiger charge is -2.38. The van der Waals surface area contributed by atoms with E-state index in [0.29, 0.717) is 5.41 Å². The van der Waals surface area contributed by atoms with Gasteiger partial charge in [-0.2, -0.15) is 13.2 Å². The highest BCUT2D eigenvalue weighted by molar-refractivity contribution is 5.45. The second kappa shape index (κ2) is 4.24. The zero-order valence-electron chi connectivity index (χ0n) is 9.77. The fourth-order valence-corrected chi connectivity index (χ4v) is 2.05. The molecule has 0 heterocycles. The van der Waals surface area contributed by atoms with E-state index in [-0.39, 0.29) is 0 Å². The van der Waals surface area contributed by atoms with Crippen molar-refractivity contribution in [1.82, 2.24) is 0 Å². The third-order valence-corrected chi connectivity index (χ3v) is 3.49. The predicted octanol–water partition coefficient (Wildman–Crippen LogP) is 4.31. The van der Waals surface area contributed by atoms with Crippen LogP contribution in [-0.4, -0.2) is 6.54 Å². The molecule has 0 amide bonds. The molecule has 0 spiro atoms. The van der Waals surface area contributed by atoms with E-state index >= 15 is 0 Å². The highest BCUT2D eigenvalue weighted by atomic mass is 19.4. The van der Waals surface area contributed by atoms with Crippen molar-refractivity contribution in [2.45, 2.75) is 32.4 Å². The summed E-state index contributed by atoms with van der Waals surface area (Å²) in [7, 11) is 0. The molecule has 0 bridgehead atoms. The number of nitrogens with one attached hydrogen (secondary N) is 1. The normalized spacial score (nSPS) is 18.6. The van der Waals surface area contributed by atoms with Gasteiger partial charge in [0, 0.05) is 12.2 Å². The molecule has 0 aliphatic heterocycles. The van der Waals surface area contributed by atoms with Gasteiger partial charge in [0.2, 0.25) is 0 Å². The third kappa shape index (κ3) is 2.93. The Hall–Kier alpha value is -1.19. The first kappa shape index (κ1) is 12.3. The van der Waals surface area contributed by atoms with Gasteiger partial charge < -0.3 is 5.32 Å². The topological polar surface area (TPSA) is 12.0 Å². The molecule has 1 aromatic carbocycles. The Balaban J connectivity index is 1.94. The second-order valence-electron chi connectivity index (χ2n) is 5.09. The summed E-state index contributed by atoms with van der Waals surface area (Å²) in [6, 6.07) is 5.21. The van der Waals surface area contributed by atoms with E-state index < -0.39 is 11.7 Å². The number of benzene rings is 1. The highest BCUT2D eigenvalue weighted by Gasteiger charge is 2.32. The molecule has 0 radical (unpaired) electrons. The van der Waals surface area contributed by atoms with Crippen LogP contribution in [0.3, 0.4) is 0 Å². The first-order chi connectivity index (χ1) is 7.89. The molecule has 2 rings (SSSR count). The molecule has 1 aliphatic rings. The van der Waals surface area contributed by atoms with Crippen LogP contribution in [0, 0.1) is 5.41 Å². The van der Waals surface area contributed by atoms with Crippen LogP contribution in [0.25, 0.3) is 0 Å². The molecule has 17 heavy (non-hydrogen) atoms. The monoisotopic (exact) mass is 243 g/mol. The fraction of sp³-hybridized carbons (Fsp3) is 0.538. The van der Waals surface area contributed by atoms with Crippen LogP contribution in [0.4, 0.5) is 18.9 Å². The lowest BCUT2D eigenvalue weighted by molar-refractivity contribution is -0.137. The number of alkyl halides is 3. The molecular weight excluding hydrogens is 227 g/mol. The number of hydrogen-bond acceptors (Lipinski definition) is 1. The Morgan fingerprint density at radius 1 is 1.18 bits per heavy atom. The summed E-state index contributed by atoms with van der Waals surface area (Å²) in [6.45, 7) is 3.03. The highest BCUT2D eigenvalue weighted by Crippen LogP contribution is 2.40. The smallest absolute Gasteiger partial charge is 0.384 e. The summed E-state index contributed by atoms with van der Waals surface area (Å²) < 4.78 is 37.0. The minimum atomic E-state index is -4.25. The van der Waals surface area contributed by atoms with Crippen LogP contribution in [0.2, 0.25) is 0 Å². The van der Waals surface area contributed by atoms with Crippen molar-refractivity contribution < 1.29 is 13.2 Å². The maximum atomic E-state index is 12.3. The summed E-state index contributed by atoms with van der Waals surface area (Å²) in [6.07, 6.45) is -0.606. The van der Waals surface area contributed by atoms with Crippen molar-refractivity contribution in [2.75, 3.05) is 11.9 Å². The summed E-state index contributed by atoms with van der Waals surface area (Å²) in [5, 5.41) is 3.20. The van der Waals surface area contributed by atoms with Gasteiger partial charge in [-0.1, -0.05) is 13.3 Å². The van der Waals surface area contributed by atoms with Crippen molar-refractivity contribution in [3.8, 4) is 0 Å². The van der Waals surface area contributed by atoms with E-state index in [1.807, 2.05) is 0 Å². The molecule has 1 nitrogen and oxygen atoms in total. The Labute approximate surface area is 99.0 Å². The van der Waals surface area contributed by atoms with Crippen molar-refractivity contribution in [2.24, 2.45) is 5.41 Å². The minimum absolute atomic E-state index is 0.322. The molecule has 1 aliphatic carbocycles. The molecule has 0 atom stereocenters. The van der Waals surface area contributed by atoms with E-state index in [4.69, 9.17) is 0 Å². The van der Waals surface area contributed by atoms with Gasteiger partial charge in [-0.05, 0) is 42.5 Å². The summed E-state index contributed by atoms with van der Waals surface area (Å²) in [4.78, 5) is 0. The van der Waals surface area contributed by atoms with Crippen molar-refractivity contribution in [3.05, 3.63) is 29.8 Å². The summed E-state index contributed by atoms with van der Waals surface area (Å²) >= 11 is 0. The van der Waals surface area contributed by atoms with Gasteiger partial charge in [0.1, 0.15) is 0 Å². The van der Waals surface area contributed by atoms with Gasteiger partial charge in [-0.25, -0.2) is 0 Å². The largest absolute Gasteiger partial charge is 0.416 e. The van der Waals surface area contributed by atoms with Gasteiger partial charge in [0.15, 0.2) is 0 Å². The molecule has 0 saturated heterocycles. The molecular formula is C13H16F3N. The molecule has 0 unspecified atom stereocenters. The van der Waals surface area contributed by atoms with E-state index in [1.54, 1.807) is 0 Å². The zero-order valence-corrected chi connectivity index (χ0v) is 9.77. The van der Waals surface area contributed by atoms with Crippen molar-refractivity contribution >= 4 is 5.69 Å². The molecule has 94 valence electrons. The van der Waals surface area contributed by atoms with Crippen LogP contribution in [-0.2, 0) is 6.18 Å². The second-order valence-corrected chi connectivity index (χ2v) is 5.09. The van der Waals surface area contributed by atoms with E-state index in [9.17, 15) is 13.2 Å². The van der Waals surface area contributed by atoms with Gasteiger partial charge in [0.05, 0.1) is 5.56 Å². The average Bonchev–Trinajstić information content (AvgIpc) is 2.23. The Bertz CT molecular complexity index is 377. The van der Waals surface area contributed by atoms with Crippen LogP contribution in [0.5, 0.6) is 0 Å². The first-order valence-corrected chi connectivity index (χ1v) is 5.80. The SMILES string of the molecule is CC1(CNc2ccc(C(F)(F)F)cc2)CCC1. The molecule has 1 saturated carbocycles. The molecule has 1 N–H and O–H groups in total. The number of hydrogen-bond donors (Lipinski definition) is 1. The molecule has 0 aromatic heterocycles. The Kier molecular flexibility index (Phi) is 3.06. The lowest BCUT2D eigenvalue weighted by Crippen LogP contribution is -2.33. The lowest BCUT2D eigenvalue weighted by atomic mass is 9.70. The molecule has 1 aromatic rings. The maximum Gasteiger partial charge on any atom is 0.416 e. The predicted molar refractivity (Wildman–Crippen MR) is 61.9 cm³/mol. The van der Waals surface area contributed by atoms with Gasteiger partial charge >= 0.3 is 6.18 Å². The average molecular weight is 243 g/mol. The van der Waals surface area contributed by atoms with Crippen LogP contribution in [0.15, 0.2) is 24.3 Å². The number of halogens is 3. The number of anilines is 1. The summed E-state index contributed by atoms with van der Waals surface area (Å²) in [5.74, 6) is 0. The van der Waals surface area contributed by atoms with Crippen LogP contribution in [0.1, 0.15) is 31.7 Å². The van der Waals surface area contributed by atoms with Crippen molar-refractivity contribution in [1.29, 1.82) is 0 Å². The fourth-order valence-electron chi connectivity index (χ4n) is 2.05. The van der Waals surface area contributed by atoms with Gasteiger partial charge in [-0.15, -0.1) is 0 Å². The zero-order chi connectivity index (χ0) is 12.5. The van der Waals surface area contributed by atoms with Crippen LogP contribution < -0.4 is 5.32 Å². The molecule has 4 heteroatoms. The number of rotatable bonds is 3. The van der Waals surface area contributed by atoms with Crippen molar-refractivity contribution in [3.63, 3.8) is 0 Å². The van der Waals surface area contributed by atoms with Crippen LogP contribution >= 0.6 is 0 Å². The summed E-state index contributed by atoms with van der Waals surface area (Å²) in [5.41, 5.74) is 0.479. The van der Waals surface area contributed by atoms with E-state index in [2.05, 4.69) is 12.2 Å². The Morgan fingerprint density at radius 3 is 2.18 bits per heavy atom. The molecule has 1 fully saturated rings. The quantitative estimate of drug-likeness (QED) is 0.834. The van der Waals surface area contributed by atoms with Gasteiger partial charge in [-0.3, -0.25) is 0 Å². The minimum Gasteiger partial charge on any atom is -0.384 e. The Morgan fingerprint density at radius 2 is 1.76 bits per heavy atom.